The molecule has 0 unspecified atom stereocenters. The van der Waals surface area contributed by atoms with E-state index in [2.05, 4.69) is 91.6 Å². The number of fused-ring (bicyclic) bond motifs is 4. The topological polar surface area (TPSA) is 184 Å². The number of rotatable bonds is 12. The van der Waals surface area contributed by atoms with Gasteiger partial charge in [0.2, 0.25) is 11.9 Å². The van der Waals surface area contributed by atoms with Crippen LogP contribution in [-0.2, 0) is 81.9 Å². The number of hydrogen-bond donors (Lipinski definition) is 3. The molecule has 4 aromatic rings. The van der Waals surface area contributed by atoms with E-state index in [9.17, 15) is 16.8 Å². The molecule has 8 aliphatic rings. The van der Waals surface area contributed by atoms with E-state index < -0.39 is 32.3 Å². The quantitative estimate of drug-likeness (QED) is 0.0694. The minimum atomic E-state index is -4.03. The highest BCUT2D eigenvalue weighted by Gasteiger charge is 2.47. The molecule has 0 radical (unpaired) electrons. The van der Waals surface area contributed by atoms with Gasteiger partial charge in [0, 0.05) is 74.0 Å². The van der Waals surface area contributed by atoms with Gasteiger partial charge in [-0.15, -0.1) is 35.0 Å². The molecule has 73 heavy (non-hydrogen) atoms. The van der Waals surface area contributed by atoms with E-state index in [0.717, 1.165) is 101 Å². The van der Waals surface area contributed by atoms with Crippen LogP contribution >= 0.6 is 35.5 Å². The predicted molar refractivity (Wildman–Crippen MR) is 297 cm³/mol. The number of nitrogens with one attached hydrogen (secondary N) is 3. The van der Waals surface area contributed by atoms with Crippen molar-refractivity contribution in [1.82, 2.24) is 44.1 Å². The van der Waals surface area contributed by atoms with Gasteiger partial charge in [0.15, 0.2) is 0 Å². The van der Waals surface area contributed by atoms with Crippen LogP contribution in [0, 0.1) is 0 Å². The summed E-state index contributed by atoms with van der Waals surface area (Å²) in [7, 11) is 1.03. The fraction of sp³-hybridized carbons (Fsp3) is 0.686. The molecular formula is C51H78Cl3N11O5S2Si. The van der Waals surface area contributed by atoms with Crippen molar-refractivity contribution < 1.29 is 21.6 Å². The molecule has 404 valence electrons. The van der Waals surface area contributed by atoms with Crippen molar-refractivity contribution in [2.24, 2.45) is 0 Å². The van der Waals surface area contributed by atoms with Crippen molar-refractivity contribution in [3.05, 3.63) is 56.6 Å². The number of sulfonamides is 1. The van der Waals surface area contributed by atoms with Gasteiger partial charge in [-0.1, -0.05) is 51.0 Å². The van der Waals surface area contributed by atoms with E-state index in [1.165, 1.54) is 114 Å². The molecule has 2 spiro atoms. The number of aryl methyl sites for hydroxylation is 4. The van der Waals surface area contributed by atoms with Crippen molar-refractivity contribution in [2.75, 3.05) is 57.5 Å². The van der Waals surface area contributed by atoms with Gasteiger partial charge in [-0.2, -0.15) is 14.3 Å². The average Bonchev–Trinajstić information content (AvgIpc) is 4.22. The fourth-order valence-corrected chi connectivity index (χ4v) is 15.4. The standard InChI is InChI=1S/C22H30N6O2S.C20H29ClN4O3SSi.C9H17N.2ClH/c1-27-11-8-22(27)9-12-28(13-10-22)31(29,30)21-24-20(25-26-21)23-19-17-6-2-4-15(17)14-16-5-3-7-18(16)19;1-30(2,3)11-10-28-13-25-19(23-20(24-25)29(21,26)27)22-18-16-8-4-6-14(16)12-15-7-5-9-17(15)18;1-10-8-7-9(10)5-3-2-4-6-9;;/h14H,2-13H2,1H3,(H2,23,24,25,26);12H,4-11,13H2,1-3H3,(H,22,23,24);2-8H2,1H3;2*1H. The summed E-state index contributed by atoms with van der Waals surface area (Å²) in [6, 6.07) is 5.76. The molecule has 12 rings (SSSR count). The second kappa shape index (κ2) is 22.6. The summed E-state index contributed by atoms with van der Waals surface area (Å²) in [5.74, 6) is 0.705. The molecule has 0 bridgehead atoms. The third-order valence-electron chi connectivity index (χ3n) is 17.4. The number of hydrogen-bond acceptors (Lipinski definition) is 13. The van der Waals surface area contributed by atoms with Crippen molar-refractivity contribution in [2.45, 2.75) is 189 Å². The first-order chi connectivity index (χ1) is 33.9. The Morgan fingerprint density at radius 3 is 1.58 bits per heavy atom. The first-order valence-electron chi connectivity index (χ1n) is 26.6. The van der Waals surface area contributed by atoms with E-state index in [0.29, 0.717) is 37.1 Å². The van der Waals surface area contributed by atoms with Crippen LogP contribution in [0.1, 0.15) is 128 Å². The Morgan fingerprint density at radius 2 is 1.14 bits per heavy atom. The van der Waals surface area contributed by atoms with Crippen LogP contribution in [0.2, 0.25) is 25.7 Å². The Morgan fingerprint density at radius 1 is 0.658 bits per heavy atom. The first-order valence-corrected chi connectivity index (χ1v) is 34.1. The van der Waals surface area contributed by atoms with Crippen molar-refractivity contribution in [3.63, 3.8) is 0 Å². The zero-order valence-electron chi connectivity index (χ0n) is 43.6. The van der Waals surface area contributed by atoms with E-state index in [-0.39, 0.29) is 42.2 Å². The van der Waals surface area contributed by atoms with Crippen molar-refractivity contribution in [3.8, 4) is 0 Å². The number of anilines is 4. The Balaban J connectivity index is 0.000000160. The Labute approximate surface area is 451 Å². The molecule has 1 saturated carbocycles. The average molecular weight is 1120 g/mol. The zero-order valence-corrected chi connectivity index (χ0v) is 48.6. The van der Waals surface area contributed by atoms with E-state index in [1.807, 2.05) is 0 Å². The maximum Gasteiger partial charge on any atom is 0.298 e. The highest BCUT2D eigenvalue weighted by molar-refractivity contribution is 8.13. The SMILES string of the molecule is CN1CCC12CCCCC2.CN1CCC12CCN(S(=O)(=O)c1nc(Nc3c4c(cc5c3CCC5)CCC4)n[nH]1)CC2.C[Si](C)(C)CCOCn1nc(S(=O)(=O)Cl)nc1Nc1c2c(cc3c1CCC3)CCC2.Cl.Cl. The molecule has 22 heteroatoms. The second-order valence-corrected chi connectivity index (χ2v) is 32.9. The summed E-state index contributed by atoms with van der Waals surface area (Å²) < 4.78 is 58.9. The van der Waals surface area contributed by atoms with Crippen molar-refractivity contribution in [1.29, 1.82) is 0 Å². The summed E-state index contributed by atoms with van der Waals surface area (Å²) in [4.78, 5) is 13.5. The van der Waals surface area contributed by atoms with E-state index in [4.69, 9.17) is 15.4 Å². The Bertz CT molecular complexity index is 2780. The summed E-state index contributed by atoms with van der Waals surface area (Å²) >= 11 is 0. The summed E-state index contributed by atoms with van der Waals surface area (Å²) in [5.41, 5.74) is 14.1. The number of nitrogens with zero attached hydrogens (tertiary/aromatic N) is 8. The lowest BCUT2D eigenvalue weighted by Gasteiger charge is -2.54. The number of benzene rings is 2. The van der Waals surface area contributed by atoms with Gasteiger partial charge in [-0.3, -0.25) is 0 Å². The first kappa shape index (κ1) is 56.4. The van der Waals surface area contributed by atoms with Crippen LogP contribution in [0.3, 0.4) is 0 Å². The number of halogens is 3. The molecule has 16 nitrogen and oxygen atoms in total. The third-order valence-corrected chi connectivity index (χ3v) is 21.9. The van der Waals surface area contributed by atoms with Crippen LogP contribution in [0.4, 0.5) is 23.3 Å². The zero-order chi connectivity index (χ0) is 49.8. The smallest absolute Gasteiger partial charge is 0.298 e. The number of aromatic nitrogens is 6. The fourth-order valence-electron chi connectivity index (χ4n) is 12.8. The highest BCUT2D eigenvalue weighted by atomic mass is 35.7. The molecule has 4 fully saturated rings. The molecule has 2 aromatic carbocycles. The number of likely N-dealkylation sites (tertiary alicyclic amines) is 2. The van der Waals surface area contributed by atoms with E-state index in [1.54, 1.807) is 4.31 Å². The molecule has 3 saturated heterocycles. The van der Waals surface area contributed by atoms with Gasteiger partial charge in [0.1, 0.15) is 6.73 Å². The monoisotopic (exact) mass is 1120 g/mol. The van der Waals surface area contributed by atoms with Gasteiger partial charge in [-0.05, 0) is 180 Å². The van der Waals surface area contributed by atoms with Crippen LogP contribution in [0.25, 0.3) is 0 Å². The lowest BCUT2D eigenvalue weighted by molar-refractivity contribution is -0.0264. The summed E-state index contributed by atoms with van der Waals surface area (Å²) in [5, 5.41) is 17.4. The maximum absolute atomic E-state index is 13.2. The van der Waals surface area contributed by atoms with Crippen LogP contribution in [0.15, 0.2) is 22.4 Å². The Hall–Kier alpha value is -2.85. The normalized spacial score (nSPS) is 20.7. The molecule has 3 aliphatic heterocycles. The van der Waals surface area contributed by atoms with Crippen LogP contribution in [0.5, 0.6) is 0 Å². The molecule has 5 aliphatic carbocycles. The van der Waals surface area contributed by atoms with Crippen molar-refractivity contribution >= 4 is 85.9 Å². The molecule has 3 N–H and O–H groups in total. The Kier molecular flexibility index (Phi) is 17.5. The minimum Gasteiger partial charge on any atom is -0.359 e. The van der Waals surface area contributed by atoms with Crippen LogP contribution < -0.4 is 10.6 Å². The molecule has 2 aromatic heterocycles. The lowest BCUT2D eigenvalue weighted by Crippen LogP contribution is -2.62. The highest BCUT2D eigenvalue weighted by Crippen LogP contribution is 2.44. The lowest BCUT2D eigenvalue weighted by atomic mass is 9.73. The maximum atomic E-state index is 13.2. The summed E-state index contributed by atoms with van der Waals surface area (Å²) in [6.07, 6.45) is 25.0. The number of piperidine rings is 1. The molecule has 0 atom stereocenters. The number of H-pyrrole nitrogens is 1. The number of ether oxygens (including phenoxy) is 1. The van der Waals surface area contributed by atoms with Gasteiger partial charge >= 0.3 is 0 Å². The number of aromatic amines is 1. The van der Waals surface area contributed by atoms with Gasteiger partial charge in [-0.25, -0.2) is 26.6 Å². The predicted octanol–water partition coefficient (Wildman–Crippen LogP) is 9.49. The van der Waals surface area contributed by atoms with Gasteiger partial charge < -0.3 is 25.2 Å². The second-order valence-electron chi connectivity index (χ2n) is 22.9. The van der Waals surface area contributed by atoms with Crippen LogP contribution in [-0.4, -0.2) is 127 Å². The van der Waals surface area contributed by atoms with Gasteiger partial charge in [0.25, 0.3) is 29.4 Å². The third kappa shape index (κ3) is 11.9. The molecule has 0 amide bonds. The van der Waals surface area contributed by atoms with Gasteiger partial charge in [0.05, 0.1) is 0 Å². The largest absolute Gasteiger partial charge is 0.359 e. The van der Waals surface area contributed by atoms with E-state index >= 15 is 0 Å². The molecular weight excluding hydrogens is 1050 g/mol. The molecule has 5 heterocycles. The summed E-state index contributed by atoms with van der Waals surface area (Å²) in [6.45, 7) is 11.1. The minimum absolute atomic E-state index is 0.